The highest BCUT2D eigenvalue weighted by atomic mass is 35.5. The van der Waals surface area contributed by atoms with Crippen molar-refractivity contribution in [2.24, 2.45) is 13.0 Å². The minimum Gasteiger partial charge on any atom is -0.482 e. The highest BCUT2D eigenvalue weighted by Crippen LogP contribution is 2.21. The van der Waals surface area contributed by atoms with Crippen LogP contribution in [0.1, 0.15) is 29.8 Å². The molecule has 30 heavy (non-hydrogen) atoms. The van der Waals surface area contributed by atoms with Crippen LogP contribution in [0.15, 0.2) is 27.8 Å². The lowest BCUT2D eigenvalue weighted by Crippen LogP contribution is -2.43. The summed E-state index contributed by atoms with van der Waals surface area (Å²) < 4.78 is 12.2. The summed E-state index contributed by atoms with van der Waals surface area (Å²) in [5, 5.41) is 0.563. The number of halogens is 1. The largest absolute Gasteiger partial charge is 0.482 e. The molecule has 2 rings (SSSR count). The topological polar surface area (TPSA) is 123 Å². The van der Waals surface area contributed by atoms with Crippen molar-refractivity contribution < 1.29 is 19.1 Å². The maximum absolute atomic E-state index is 12.5. The first-order valence-corrected chi connectivity index (χ1v) is 9.57. The lowest BCUT2D eigenvalue weighted by molar-refractivity contribution is -0.144. The maximum Gasteiger partial charge on any atom is 0.344 e. The first kappa shape index (κ1) is 23.2. The van der Waals surface area contributed by atoms with E-state index in [-0.39, 0.29) is 23.8 Å². The number of ketones is 1. The van der Waals surface area contributed by atoms with Crippen LogP contribution in [0.2, 0.25) is 5.02 Å². The van der Waals surface area contributed by atoms with Crippen LogP contribution in [-0.4, -0.2) is 34.1 Å². The summed E-state index contributed by atoms with van der Waals surface area (Å²) in [7, 11) is 1.26. The van der Waals surface area contributed by atoms with E-state index in [9.17, 15) is 19.2 Å². The number of carbonyl (C=O) groups excluding carboxylic acids is 2. The predicted molar refractivity (Wildman–Crippen MR) is 112 cm³/mol. The van der Waals surface area contributed by atoms with Gasteiger partial charge in [-0.3, -0.25) is 18.7 Å². The molecule has 0 amide bonds. The molecule has 10 heteroatoms. The number of benzene rings is 1. The second-order valence-electron chi connectivity index (χ2n) is 7.19. The second-order valence-corrected chi connectivity index (χ2v) is 7.60. The number of Topliss-reactive ketones (excluding diaryl/α,β-unsaturated/α-hetero) is 1. The minimum absolute atomic E-state index is 0.0527. The molecule has 0 unspecified atom stereocenters. The van der Waals surface area contributed by atoms with Crippen LogP contribution in [0.3, 0.4) is 0 Å². The van der Waals surface area contributed by atoms with Crippen LogP contribution in [0.5, 0.6) is 5.75 Å². The Morgan fingerprint density at radius 1 is 1.20 bits per heavy atom. The lowest BCUT2D eigenvalue weighted by Gasteiger charge is -2.16. The van der Waals surface area contributed by atoms with Gasteiger partial charge in [-0.15, -0.1) is 0 Å². The second kappa shape index (κ2) is 9.62. The molecule has 1 heterocycles. The Kier molecular flexibility index (Phi) is 7.44. The molecule has 0 aliphatic rings. The molecule has 2 aromatic rings. The van der Waals surface area contributed by atoms with E-state index in [0.29, 0.717) is 10.8 Å². The van der Waals surface area contributed by atoms with Crippen molar-refractivity contribution >= 4 is 29.2 Å². The van der Waals surface area contributed by atoms with E-state index in [1.165, 1.54) is 7.05 Å². The number of rotatable bonds is 8. The van der Waals surface area contributed by atoms with Crippen molar-refractivity contribution in [3.63, 3.8) is 0 Å². The molecule has 0 radical (unpaired) electrons. The fourth-order valence-electron chi connectivity index (χ4n) is 2.70. The van der Waals surface area contributed by atoms with Gasteiger partial charge in [-0.2, -0.15) is 0 Å². The van der Waals surface area contributed by atoms with E-state index in [2.05, 4.69) is 0 Å². The SMILES string of the molecule is Cc1cc(OCC(=O)OCC(=O)c2c(N)n(CC(C)C)c(=O)n(C)c2=O)ccc1Cl. The van der Waals surface area contributed by atoms with Gasteiger partial charge < -0.3 is 15.2 Å². The lowest BCUT2D eigenvalue weighted by atomic mass is 10.1. The van der Waals surface area contributed by atoms with Crippen molar-refractivity contribution in [2.75, 3.05) is 18.9 Å². The normalized spacial score (nSPS) is 10.9. The molecule has 1 aromatic heterocycles. The minimum atomic E-state index is -0.841. The molecule has 2 N–H and O–H groups in total. The summed E-state index contributed by atoms with van der Waals surface area (Å²) in [6.07, 6.45) is 0. The number of hydrogen-bond acceptors (Lipinski definition) is 7. The average Bonchev–Trinajstić information content (AvgIpc) is 2.69. The van der Waals surface area contributed by atoms with Gasteiger partial charge in [0.2, 0.25) is 5.78 Å². The van der Waals surface area contributed by atoms with Crippen LogP contribution in [0.4, 0.5) is 5.82 Å². The van der Waals surface area contributed by atoms with Gasteiger partial charge in [-0.1, -0.05) is 25.4 Å². The molecule has 1 aromatic carbocycles. The fraction of sp³-hybridized carbons (Fsp3) is 0.400. The van der Waals surface area contributed by atoms with Crippen LogP contribution in [-0.2, 0) is 23.1 Å². The number of anilines is 1. The Bertz CT molecular complexity index is 1090. The van der Waals surface area contributed by atoms with Gasteiger partial charge in [0.1, 0.15) is 17.1 Å². The molecule has 0 atom stereocenters. The Hall–Kier alpha value is -3.07. The first-order valence-electron chi connectivity index (χ1n) is 9.20. The Balaban J connectivity index is 2.09. The van der Waals surface area contributed by atoms with Gasteiger partial charge in [0.25, 0.3) is 5.56 Å². The number of carbonyl (C=O) groups is 2. The van der Waals surface area contributed by atoms with Crippen LogP contribution in [0.25, 0.3) is 0 Å². The zero-order valence-electron chi connectivity index (χ0n) is 17.2. The molecule has 0 spiro atoms. The third-order valence-electron chi connectivity index (χ3n) is 4.26. The summed E-state index contributed by atoms with van der Waals surface area (Å²) >= 11 is 5.93. The molecule has 162 valence electrons. The van der Waals surface area contributed by atoms with Crippen molar-refractivity contribution in [3.05, 3.63) is 55.2 Å². The fourth-order valence-corrected chi connectivity index (χ4v) is 2.81. The van der Waals surface area contributed by atoms with E-state index in [1.807, 2.05) is 13.8 Å². The Morgan fingerprint density at radius 3 is 2.47 bits per heavy atom. The quantitative estimate of drug-likeness (QED) is 0.491. The van der Waals surface area contributed by atoms with Gasteiger partial charge in [-0.05, 0) is 36.6 Å². The number of esters is 1. The monoisotopic (exact) mass is 437 g/mol. The number of aromatic nitrogens is 2. The summed E-state index contributed by atoms with van der Waals surface area (Å²) in [5.41, 5.74) is 4.85. The van der Waals surface area contributed by atoms with Gasteiger partial charge in [0.05, 0.1) is 0 Å². The molecule has 0 fully saturated rings. The van der Waals surface area contributed by atoms with E-state index >= 15 is 0 Å². The maximum atomic E-state index is 12.5. The number of aryl methyl sites for hydroxylation is 1. The van der Waals surface area contributed by atoms with Gasteiger partial charge >= 0.3 is 11.7 Å². The average molecular weight is 438 g/mol. The van der Waals surface area contributed by atoms with Crippen LogP contribution < -0.4 is 21.7 Å². The number of nitrogens with two attached hydrogens (primary N) is 1. The Labute approximate surface area is 178 Å². The number of hydrogen-bond donors (Lipinski definition) is 1. The summed E-state index contributed by atoms with van der Waals surface area (Å²) in [4.78, 5) is 49.1. The van der Waals surface area contributed by atoms with E-state index in [1.54, 1.807) is 25.1 Å². The highest BCUT2D eigenvalue weighted by Gasteiger charge is 2.23. The standard InChI is InChI=1S/C20H24ClN3O6/c1-11(2)8-24-18(22)17(19(27)23(4)20(24)28)15(25)9-30-16(26)10-29-13-5-6-14(21)12(3)7-13/h5-7,11H,8-10,22H2,1-4H3. The molecule has 0 aliphatic heterocycles. The molecular weight excluding hydrogens is 414 g/mol. The third kappa shape index (κ3) is 5.29. The van der Waals surface area contributed by atoms with Crippen molar-refractivity contribution in [2.45, 2.75) is 27.3 Å². The van der Waals surface area contributed by atoms with Crippen molar-refractivity contribution in [1.82, 2.24) is 9.13 Å². The van der Waals surface area contributed by atoms with Gasteiger partial charge in [0.15, 0.2) is 13.2 Å². The molecule has 0 bridgehead atoms. The number of nitrogen functional groups attached to an aromatic ring is 1. The summed E-state index contributed by atoms with van der Waals surface area (Å²) in [5.74, 6) is -1.38. The summed E-state index contributed by atoms with van der Waals surface area (Å²) in [6, 6.07) is 4.88. The van der Waals surface area contributed by atoms with E-state index < -0.39 is 36.2 Å². The predicted octanol–water partition coefficient (Wildman–Crippen LogP) is 1.55. The van der Waals surface area contributed by atoms with Crippen LogP contribution >= 0.6 is 11.6 Å². The van der Waals surface area contributed by atoms with Crippen molar-refractivity contribution in [1.29, 1.82) is 0 Å². The van der Waals surface area contributed by atoms with Crippen LogP contribution in [0, 0.1) is 12.8 Å². The smallest absolute Gasteiger partial charge is 0.344 e. The number of nitrogens with zero attached hydrogens (tertiary/aromatic N) is 2. The third-order valence-corrected chi connectivity index (χ3v) is 4.68. The van der Waals surface area contributed by atoms with Gasteiger partial charge in [0, 0.05) is 18.6 Å². The zero-order valence-corrected chi connectivity index (χ0v) is 18.0. The number of ether oxygens (including phenoxy) is 2. The molecule has 0 saturated heterocycles. The summed E-state index contributed by atoms with van der Waals surface area (Å²) in [6.45, 7) is 4.60. The van der Waals surface area contributed by atoms with E-state index in [4.69, 9.17) is 26.8 Å². The van der Waals surface area contributed by atoms with Gasteiger partial charge in [-0.25, -0.2) is 9.59 Å². The first-order chi connectivity index (χ1) is 14.0. The molecular formula is C20H24ClN3O6. The molecule has 0 aliphatic carbocycles. The van der Waals surface area contributed by atoms with Crippen molar-refractivity contribution in [3.8, 4) is 5.75 Å². The molecule has 9 nitrogen and oxygen atoms in total. The van der Waals surface area contributed by atoms with E-state index in [0.717, 1.165) is 14.7 Å². The Morgan fingerprint density at radius 2 is 1.87 bits per heavy atom. The molecule has 0 saturated carbocycles. The zero-order chi connectivity index (χ0) is 22.6. The highest BCUT2D eigenvalue weighted by molar-refractivity contribution is 6.31.